The molecule has 4 aromatic rings. The van der Waals surface area contributed by atoms with E-state index in [9.17, 15) is 9.18 Å². The number of para-hydroxylation sites is 2. The molecule has 6 nitrogen and oxygen atoms in total. The molecule has 2 heterocycles. The van der Waals surface area contributed by atoms with Crippen LogP contribution in [0.4, 0.5) is 15.8 Å². The summed E-state index contributed by atoms with van der Waals surface area (Å²) in [6.07, 6.45) is -0.268. The molecule has 0 bridgehead atoms. The maximum Gasteiger partial charge on any atom is 0.234 e. The van der Waals surface area contributed by atoms with Crippen molar-refractivity contribution in [1.82, 2.24) is 14.8 Å². The summed E-state index contributed by atoms with van der Waals surface area (Å²) < 4.78 is 15.6. The smallest absolute Gasteiger partial charge is 0.234 e. The van der Waals surface area contributed by atoms with Crippen molar-refractivity contribution < 1.29 is 9.18 Å². The van der Waals surface area contributed by atoms with E-state index in [1.54, 1.807) is 12.1 Å². The number of amides is 1. The minimum Gasteiger partial charge on any atom is -0.350 e. The Morgan fingerprint density at radius 1 is 1.00 bits per heavy atom. The molecular weight excluding hydrogens is 425 g/mol. The Kier molecular flexibility index (Phi) is 5.36. The van der Waals surface area contributed by atoms with Crippen molar-refractivity contribution in [3.63, 3.8) is 0 Å². The van der Waals surface area contributed by atoms with Crippen molar-refractivity contribution >= 4 is 29.0 Å². The molecule has 0 saturated carbocycles. The number of benzene rings is 3. The fourth-order valence-corrected chi connectivity index (χ4v) is 4.67. The zero-order valence-corrected chi connectivity index (χ0v) is 18.1. The van der Waals surface area contributed by atoms with Gasteiger partial charge in [-0.15, -0.1) is 10.2 Å². The lowest BCUT2D eigenvalue weighted by Crippen LogP contribution is -2.34. The second-order valence-corrected chi connectivity index (χ2v) is 8.37. The van der Waals surface area contributed by atoms with Crippen LogP contribution in [0.15, 0.2) is 84.0 Å². The van der Waals surface area contributed by atoms with Crippen molar-refractivity contribution in [3.8, 4) is 11.4 Å². The molecule has 1 aliphatic heterocycles. The SMILES string of the molecule is CN1c2ccccc2-c2nnc(SCC(=O)Nc3ccccc3)n2C1c1ccc(F)cc1. The first kappa shape index (κ1) is 20.3. The third-order valence-corrected chi connectivity index (χ3v) is 6.30. The average molecular weight is 446 g/mol. The van der Waals surface area contributed by atoms with E-state index >= 15 is 0 Å². The number of nitrogens with zero attached hydrogens (tertiary/aromatic N) is 4. The molecule has 1 aliphatic rings. The molecule has 8 heteroatoms. The highest BCUT2D eigenvalue weighted by molar-refractivity contribution is 7.99. The first-order valence-electron chi connectivity index (χ1n) is 10.1. The van der Waals surface area contributed by atoms with Crippen LogP contribution >= 0.6 is 11.8 Å². The molecular formula is C24H20FN5OS. The van der Waals surface area contributed by atoms with Gasteiger partial charge in [0.05, 0.1) is 5.75 Å². The Labute approximate surface area is 189 Å². The van der Waals surface area contributed by atoms with E-state index in [4.69, 9.17) is 0 Å². The van der Waals surface area contributed by atoms with Gasteiger partial charge >= 0.3 is 0 Å². The monoisotopic (exact) mass is 445 g/mol. The Balaban J connectivity index is 1.48. The fraction of sp³-hybridized carbons (Fsp3) is 0.125. The van der Waals surface area contributed by atoms with Gasteiger partial charge in [-0.25, -0.2) is 4.39 Å². The molecule has 1 unspecified atom stereocenters. The molecule has 0 radical (unpaired) electrons. The Morgan fingerprint density at radius 3 is 2.50 bits per heavy atom. The quantitative estimate of drug-likeness (QED) is 0.447. The van der Waals surface area contributed by atoms with Crippen LogP contribution in [0, 0.1) is 5.82 Å². The van der Waals surface area contributed by atoms with Gasteiger partial charge in [-0.2, -0.15) is 0 Å². The molecule has 0 saturated heterocycles. The van der Waals surface area contributed by atoms with Crippen LogP contribution in [-0.2, 0) is 4.79 Å². The summed E-state index contributed by atoms with van der Waals surface area (Å²) in [5.74, 6) is 0.498. The number of halogens is 1. The fourth-order valence-electron chi connectivity index (χ4n) is 3.91. The average Bonchev–Trinajstić information content (AvgIpc) is 3.23. The van der Waals surface area contributed by atoms with Crippen LogP contribution in [0.2, 0.25) is 0 Å². The molecule has 0 aliphatic carbocycles. The summed E-state index contributed by atoms with van der Waals surface area (Å²) in [6.45, 7) is 0. The second-order valence-electron chi connectivity index (χ2n) is 7.43. The number of hydrogen-bond donors (Lipinski definition) is 1. The number of aromatic nitrogens is 3. The van der Waals surface area contributed by atoms with Crippen molar-refractivity contribution in [2.75, 3.05) is 23.0 Å². The normalized spacial score (nSPS) is 14.6. The number of fused-ring (bicyclic) bond motifs is 3. The molecule has 160 valence electrons. The molecule has 1 atom stereocenters. The van der Waals surface area contributed by atoms with E-state index < -0.39 is 0 Å². The highest BCUT2D eigenvalue weighted by Gasteiger charge is 2.33. The maximum atomic E-state index is 13.6. The number of rotatable bonds is 5. The van der Waals surface area contributed by atoms with Gasteiger partial charge in [-0.3, -0.25) is 9.36 Å². The van der Waals surface area contributed by atoms with Crippen molar-refractivity contribution in [2.45, 2.75) is 11.3 Å². The molecule has 3 aromatic carbocycles. The summed E-state index contributed by atoms with van der Waals surface area (Å²) in [5.41, 5.74) is 3.63. The summed E-state index contributed by atoms with van der Waals surface area (Å²) >= 11 is 1.32. The van der Waals surface area contributed by atoms with Gasteiger partial charge in [-0.1, -0.05) is 54.2 Å². The highest BCUT2D eigenvalue weighted by atomic mass is 32.2. The molecule has 1 amide bonds. The van der Waals surface area contributed by atoms with Crippen LogP contribution < -0.4 is 10.2 Å². The van der Waals surface area contributed by atoms with Crippen LogP contribution in [0.1, 0.15) is 11.7 Å². The van der Waals surface area contributed by atoms with Crippen LogP contribution in [0.3, 0.4) is 0 Å². The van der Waals surface area contributed by atoms with Gasteiger partial charge in [0.25, 0.3) is 0 Å². The second kappa shape index (κ2) is 8.47. The summed E-state index contributed by atoms with van der Waals surface area (Å²) in [7, 11) is 1.99. The van der Waals surface area contributed by atoms with E-state index in [1.165, 1.54) is 23.9 Å². The van der Waals surface area contributed by atoms with Crippen LogP contribution in [0.5, 0.6) is 0 Å². The summed E-state index contributed by atoms with van der Waals surface area (Å²) in [4.78, 5) is 14.6. The van der Waals surface area contributed by atoms with E-state index in [0.717, 1.165) is 28.3 Å². The predicted octanol–water partition coefficient (Wildman–Crippen LogP) is 4.81. The van der Waals surface area contributed by atoms with Crippen LogP contribution in [0.25, 0.3) is 11.4 Å². The van der Waals surface area contributed by atoms with Gasteiger partial charge < -0.3 is 10.2 Å². The van der Waals surface area contributed by atoms with E-state index in [2.05, 4.69) is 20.4 Å². The zero-order chi connectivity index (χ0) is 22.1. The topological polar surface area (TPSA) is 63.1 Å². The van der Waals surface area contributed by atoms with Gasteiger partial charge in [-0.05, 0) is 42.0 Å². The van der Waals surface area contributed by atoms with Gasteiger partial charge in [0.2, 0.25) is 5.91 Å². The van der Waals surface area contributed by atoms with Gasteiger partial charge in [0.15, 0.2) is 11.0 Å². The lowest BCUT2D eigenvalue weighted by molar-refractivity contribution is -0.113. The van der Waals surface area contributed by atoms with E-state index in [1.807, 2.05) is 66.2 Å². The molecule has 0 spiro atoms. The van der Waals surface area contributed by atoms with Gasteiger partial charge in [0, 0.05) is 24.0 Å². The van der Waals surface area contributed by atoms with Crippen LogP contribution in [-0.4, -0.2) is 33.5 Å². The van der Waals surface area contributed by atoms with Gasteiger partial charge in [0.1, 0.15) is 12.0 Å². The standard InChI is InChI=1S/C24H20FN5OS/c1-29-20-10-6-5-9-19(20)22-27-28-24(30(22)23(29)16-11-13-17(25)14-12-16)32-15-21(31)26-18-7-3-2-4-8-18/h2-14,23H,15H2,1H3,(H,26,31). The third-order valence-electron chi connectivity index (χ3n) is 5.36. The molecule has 5 rings (SSSR count). The van der Waals surface area contributed by atoms with Crippen molar-refractivity contribution in [3.05, 3.63) is 90.2 Å². The minimum absolute atomic E-state index is 0.124. The number of hydrogen-bond acceptors (Lipinski definition) is 5. The predicted molar refractivity (Wildman–Crippen MR) is 124 cm³/mol. The Morgan fingerprint density at radius 2 is 1.72 bits per heavy atom. The molecule has 1 aromatic heterocycles. The number of nitrogens with one attached hydrogen (secondary N) is 1. The molecule has 1 N–H and O–H groups in total. The number of thioether (sulfide) groups is 1. The molecule has 0 fully saturated rings. The highest BCUT2D eigenvalue weighted by Crippen LogP contribution is 2.43. The number of anilines is 2. The summed E-state index contributed by atoms with van der Waals surface area (Å²) in [6, 6.07) is 23.8. The lowest BCUT2D eigenvalue weighted by Gasteiger charge is -2.37. The minimum atomic E-state index is -0.288. The maximum absolute atomic E-state index is 13.6. The van der Waals surface area contributed by atoms with Crippen molar-refractivity contribution in [2.24, 2.45) is 0 Å². The number of carbonyl (C=O) groups excluding carboxylic acids is 1. The summed E-state index contributed by atoms with van der Waals surface area (Å²) in [5, 5.41) is 12.4. The first-order valence-corrected chi connectivity index (χ1v) is 11.1. The molecule has 32 heavy (non-hydrogen) atoms. The van der Waals surface area contributed by atoms with Crippen molar-refractivity contribution in [1.29, 1.82) is 0 Å². The first-order chi connectivity index (χ1) is 15.6. The third kappa shape index (κ3) is 3.73. The zero-order valence-electron chi connectivity index (χ0n) is 17.3. The van der Waals surface area contributed by atoms with E-state index in [0.29, 0.717) is 5.16 Å². The Hall–Kier alpha value is -3.65. The Bertz CT molecular complexity index is 1260. The number of carbonyl (C=O) groups is 1. The lowest BCUT2D eigenvalue weighted by atomic mass is 10.0. The largest absolute Gasteiger partial charge is 0.350 e. The van der Waals surface area contributed by atoms with E-state index in [-0.39, 0.29) is 23.6 Å².